The van der Waals surface area contributed by atoms with Gasteiger partial charge in [-0.05, 0) is 56.2 Å². The third kappa shape index (κ3) is 4.99. The van der Waals surface area contributed by atoms with Crippen molar-refractivity contribution in [2.75, 3.05) is 5.43 Å². The predicted molar refractivity (Wildman–Crippen MR) is 106 cm³/mol. The van der Waals surface area contributed by atoms with Gasteiger partial charge in [-0.3, -0.25) is 25.7 Å². The smallest absolute Gasteiger partial charge is 0.271 e. The monoisotopic (exact) mass is 372 g/mol. The molecule has 1 aliphatic carbocycles. The first kappa shape index (κ1) is 20.3. The summed E-state index contributed by atoms with van der Waals surface area (Å²) < 4.78 is 0. The Kier molecular flexibility index (Phi) is 6.09. The van der Waals surface area contributed by atoms with E-state index in [1.54, 1.807) is 6.92 Å². The van der Waals surface area contributed by atoms with Crippen LogP contribution >= 0.6 is 0 Å². The van der Waals surface area contributed by atoms with Gasteiger partial charge in [-0.2, -0.15) is 5.10 Å². The molecule has 1 N–H and O–H groups in total. The van der Waals surface area contributed by atoms with Crippen LogP contribution in [0.3, 0.4) is 0 Å². The third-order valence-electron chi connectivity index (χ3n) is 4.78. The standard InChI is InChI=1S/C19H24N4O4/c1-13-6-5-11-19(3,4)16(13)9-7-14(2)20-21-17-10-8-15(22(24)25)12-18(17)23(26)27/h7-10,12,21H,5-6,11H2,1-4H3/b9-7+,20-14+. The number of non-ortho nitro benzene ring substituents is 1. The Hall–Kier alpha value is -3.03. The Balaban J connectivity index is 2.20. The fourth-order valence-corrected chi connectivity index (χ4v) is 3.28. The second kappa shape index (κ2) is 8.11. The minimum atomic E-state index is -0.672. The lowest BCUT2D eigenvalue weighted by Crippen LogP contribution is -2.19. The van der Waals surface area contributed by atoms with Gasteiger partial charge in [0.05, 0.1) is 21.6 Å². The average Bonchev–Trinajstić information content (AvgIpc) is 2.58. The van der Waals surface area contributed by atoms with Crippen LogP contribution in [0.4, 0.5) is 17.1 Å². The second-order valence-electron chi connectivity index (χ2n) is 7.35. The number of benzene rings is 1. The van der Waals surface area contributed by atoms with Crippen molar-refractivity contribution in [2.24, 2.45) is 10.5 Å². The molecule has 0 fully saturated rings. The number of nitrogens with one attached hydrogen (secondary N) is 1. The summed E-state index contributed by atoms with van der Waals surface area (Å²) in [4.78, 5) is 20.6. The molecule has 1 aromatic rings. The minimum absolute atomic E-state index is 0.103. The Bertz CT molecular complexity index is 853. The molecule has 1 aromatic carbocycles. The van der Waals surface area contributed by atoms with Gasteiger partial charge in [0.25, 0.3) is 5.69 Å². The molecule has 0 atom stereocenters. The molecule has 0 aliphatic heterocycles. The van der Waals surface area contributed by atoms with Crippen molar-refractivity contribution in [3.63, 3.8) is 0 Å². The predicted octanol–water partition coefficient (Wildman–Crippen LogP) is 5.37. The van der Waals surface area contributed by atoms with Gasteiger partial charge in [-0.25, -0.2) is 0 Å². The lowest BCUT2D eigenvalue weighted by molar-refractivity contribution is -0.393. The van der Waals surface area contributed by atoms with Crippen molar-refractivity contribution in [1.82, 2.24) is 0 Å². The molecule has 0 heterocycles. The maximum Gasteiger partial charge on any atom is 0.301 e. The molecule has 8 heteroatoms. The largest absolute Gasteiger partial charge is 0.301 e. The van der Waals surface area contributed by atoms with Crippen LogP contribution in [0.1, 0.15) is 47.0 Å². The average molecular weight is 372 g/mol. The molecule has 1 aliphatic rings. The minimum Gasteiger partial charge on any atom is -0.271 e. The topological polar surface area (TPSA) is 111 Å². The first-order valence-corrected chi connectivity index (χ1v) is 8.73. The van der Waals surface area contributed by atoms with Crippen LogP contribution in [0.2, 0.25) is 0 Å². The van der Waals surface area contributed by atoms with Crippen LogP contribution in [0, 0.1) is 25.6 Å². The van der Waals surface area contributed by atoms with Crippen molar-refractivity contribution >= 4 is 22.8 Å². The second-order valence-corrected chi connectivity index (χ2v) is 7.35. The molecule has 0 bridgehead atoms. The summed E-state index contributed by atoms with van der Waals surface area (Å²) >= 11 is 0. The molecule has 0 spiro atoms. The van der Waals surface area contributed by atoms with Gasteiger partial charge in [0.2, 0.25) is 0 Å². The molecule has 27 heavy (non-hydrogen) atoms. The van der Waals surface area contributed by atoms with E-state index in [0.29, 0.717) is 5.71 Å². The number of allylic oxidation sites excluding steroid dienone is 4. The van der Waals surface area contributed by atoms with Crippen LogP contribution in [0.25, 0.3) is 0 Å². The van der Waals surface area contributed by atoms with Gasteiger partial charge in [0, 0.05) is 6.07 Å². The molecular formula is C19H24N4O4. The lowest BCUT2D eigenvalue weighted by atomic mass is 9.72. The summed E-state index contributed by atoms with van der Waals surface area (Å²) in [6, 6.07) is 3.41. The Morgan fingerprint density at radius 1 is 1.26 bits per heavy atom. The zero-order valence-electron chi connectivity index (χ0n) is 16.0. The number of anilines is 1. The number of hydrogen-bond donors (Lipinski definition) is 1. The van der Waals surface area contributed by atoms with Gasteiger partial charge in [0.15, 0.2) is 0 Å². The van der Waals surface area contributed by atoms with Crippen LogP contribution in [0.15, 0.2) is 46.6 Å². The van der Waals surface area contributed by atoms with E-state index in [0.717, 1.165) is 18.9 Å². The van der Waals surface area contributed by atoms with E-state index >= 15 is 0 Å². The summed E-state index contributed by atoms with van der Waals surface area (Å²) in [5.74, 6) is 0. The highest BCUT2D eigenvalue weighted by atomic mass is 16.6. The lowest BCUT2D eigenvalue weighted by Gasteiger charge is -2.32. The fourth-order valence-electron chi connectivity index (χ4n) is 3.28. The number of nitro groups is 2. The normalized spacial score (nSPS) is 17.3. The molecule has 0 unspecified atom stereocenters. The van der Waals surface area contributed by atoms with Gasteiger partial charge >= 0.3 is 5.69 Å². The zero-order valence-corrected chi connectivity index (χ0v) is 16.0. The van der Waals surface area contributed by atoms with Crippen LogP contribution in [-0.4, -0.2) is 15.6 Å². The molecule has 144 valence electrons. The number of nitrogens with zero attached hydrogens (tertiary/aromatic N) is 3. The maximum atomic E-state index is 11.2. The number of hydrogen-bond acceptors (Lipinski definition) is 6. The first-order valence-electron chi connectivity index (χ1n) is 8.73. The summed E-state index contributed by atoms with van der Waals surface area (Å²) in [5.41, 5.74) is 5.43. The van der Waals surface area contributed by atoms with Gasteiger partial charge in [-0.1, -0.05) is 25.5 Å². The van der Waals surface area contributed by atoms with Gasteiger partial charge < -0.3 is 0 Å². The highest BCUT2D eigenvalue weighted by Crippen LogP contribution is 2.40. The highest BCUT2D eigenvalue weighted by Gasteiger charge is 2.26. The Labute approximate surface area is 158 Å². The maximum absolute atomic E-state index is 11.2. The molecule has 0 amide bonds. The number of nitro benzene ring substituents is 2. The molecular weight excluding hydrogens is 348 g/mol. The van der Waals surface area contributed by atoms with Crippen molar-refractivity contribution in [1.29, 1.82) is 0 Å². The number of rotatable bonds is 6. The van der Waals surface area contributed by atoms with Gasteiger partial charge in [0.1, 0.15) is 5.69 Å². The summed E-state index contributed by atoms with van der Waals surface area (Å²) in [6.45, 7) is 8.37. The summed E-state index contributed by atoms with van der Waals surface area (Å²) in [5, 5.41) is 26.1. The summed E-state index contributed by atoms with van der Waals surface area (Å²) in [7, 11) is 0. The van der Waals surface area contributed by atoms with E-state index in [1.807, 2.05) is 6.08 Å². The van der Waals surface area contributed by atoms with Crippen LogP contribution < -0.4 is 5.43 Å². The number of hydrazone groups is 1. The molecule has 8 nitrogen and oxygen atoms in total. The third-order valence-corrected chi connectivity index (χ3v) is 4.78. The van der Waals surface area contributed by atoms with E-state index in [-0.39, 0.29) is 16.8 Å². The van der Waals surface area contributed by atoms with Crippen molar-refractivity contribution < 1.29 is 9.85 Å². The molecule has 0 saturated heterocycles. The zero-order chi connectivity index (χ0) is 20.2. The van der Waals surface area contributed by atoms with Crippen LogP contribution in [0.5, 0.6) is 0 Å². The molecule has 0 saturated carbocycles. The van der Waals surface area contributed by atoms with E-state index in [4.69, 9.17) is 0 Å². The van der Waals surface area contributed by atoms with Crippen molar-refractivity contribution in [2.45, 2.75) is 47.0 Å². The molecule has 0 radical (unpaired) electrons. The van der Waals surface area contributed by atoms with Gasteiger partial charge in [-0.15, -0.1) is 0 Å². The first-order chi connectivity index (χ1) is 12.6. The van der Waals surface area contributed by atoms with Crippen molar-refractivity contribution in [3.05, 3.63) is 61.7 Å². The fraction of sp³-hybridized carbons (Fsp3) is 0.421. The van der Waals surface area contributed by atoms with E-state index < -0.39 is 15.5 Å². The Morgan fingerprint density at radius 3 is 2.56 bits per heavy atom. The quantitative estimate of drug-likeness (QED) is 0.410. The molecule has 0 aromatic heterocycles. The summed E-state index contributed by atoms with van der Waals surface area (Å²) in [6.07, 6.45) is 7.34. The van der Waals surface area contributed by atoms with E-state index in [2.05, 4.69) is 37.4 Å². The van der Waals surface area contributed by atoms with E-state index in [9.17, 15) is 20.2 Å². The SMILES string of the molecule is CC1=C(/C=C/C(C)=N/Nc2ccc([N+](=O)[O-])cc2[N+](=O)[O-])C(C)(C)CCC1. The van der Waals surface area contributed by atoms with Crippen LogP contribution in [-0.2, 0) is 0 Å². The molecule has 2 rings (SSSR count). The highest BCUT2D eigenvalue weighted by molar-refractivity contribution is 5.93. The Morgan fingerprint density at radius 2 is 1.96 bits per heavy atom. The van der Waals surface area contributed by atoms with Crippen molar-refractivity contribution in [3.8, 4) is 0 Å². The van der Waals surface area contributed by atoms with E-state index in [1.165, 1.54) is 29.7 Å².